The number of aromatic nitrogens is 2. The molecule has 0 radical (unpaired) electrons. The van der Waals surface area contributed by atoms with Gasteiger partial charge in [0.25, 0.3) is 5.91 Å². The Morgan fingerprint density at radius 2 is 2.18 bits per heavy atom. The maximum absolute atomic E-state index is 12.5. The van der Waals surface area contributed by atoms with Gasteiger partial charge in [0.1, 0.15) is 0 Å². The zero-order chi connectivity index (χ0) is 15.7. The Kier molecular flexibility index (Phi) is 4.26. The van der Waals surface area contributed by atoms with Crippen LogP contribution < -0.4 is 5.32 Å². The molecule has 3 rings (SSSR count). The summed E-state index contributed by atoms with van der Waals surface area (Å²) >= 11 is 0. The molecule has 2 fully saturated rings. The highest BCUT2D eigenvalue weighted by molar-refractivity contribution is 5.95. The maximum Gasteiger partial charge on any atom is 0.254 e. The van der Waals surface area contributed by atoms with Gasteiger partial charge in [-0.1, -0.05) is 19.8 Å². The highest BCUT2D eigenvalue weighted by Gasteiger charge is 2.35. The fourth-order valence-electron chi connectivity index (χ4n) is 3.38. The van der Waals surface area contributed by atoms with Crippen molar-refractivity contribution in [1.29, 1.82) is 0 Å². The van der Waals surface area contributed by atoms with Crippen LogP contribution >= 0.6 is 0 Å². The average molecular weight is 305 g/mol. The van der Waals surface area contributed by atoms with E-state index in [0.29, 0.717) is 24.1 Å². The summed E-state index contributed by atoms with van der Waals surface area (Å²) in [7, 11) is 0. The number of amides is 1. The van der Waals surface area contributed by atoms with Gasteiger partial charge < -0.3 is 10.4 Å². The average Bonchev–Trinajstić information content (AvgIpc) is 3.11. The predicted octanol–water partition coefficient (Wildman–Crippen LogP) is 2.77. The molecule has 2 aliphatic rings. The lowest BCUT2D eigenvalue weighted by atomic mass is 10.0. The Hall–Kier alpha value is -1.36. The second-order valence-corrected chi connectivity index (χ2v) is 7.03. The Morgan fingerprint density at radius 3 is 2.77 bits per heavy atom. The van der Waals surface area contributed by atoms with Crippen LogP contribution in [0, 0.1) is 0 Å². The molecule has 1 aromatic heterocycles. The summed E-state index contributed by atoms with van der Waals surface area (Å²) in [4.78, 5) is 12.5. The monoisotopic (exact) mass is 305 g/mol. The fraction of sp³-hybridized carbons (Fsp3) is 0.765. The predicted molar refractivity (Wildman–Crippen MR) is 85.0 cm³/mol. The lowest BCUT2D eigenvalue weighted by Gasteiger charge is -2.22. The van der Waals surface area contributed by atoms with E-state index in [1.54, 1.807) is 6.20 Å². The van der Waals surface area contributed by atoms with E-state index in [0.717, 1.165) is 50.6 Å². The summed E-state index contributed by atoms with van der Waals surface area (Å²) in [5.41, 5.74) is 1.08. The molecule has 1 amide bonds. The minimum absolute atomic E-state index is 0.0863. The van der Waals surface area contributed by atoms with Crippen LogP contribution in [-0.4, -0.2) is 32.9 Å². The Bertz CT molecular complexity index is 542. The van der Waals surface area contributed by atoms with Crippen molar-refractivity contribution in [2.24, 2.45) is 0 Å². The van der Waals surface area contributed by atoms with E-state index in [1.165, 1.54) is 0 Å². The normalized spacial score (nSPS) is 21.8. The Balaban J connectivity index is 1.73. The summed E-state index contributed by atoms with van der Waals surface area (Å²) in [5.74, 6) is 0.392. The minimum atomic E-state index is -0.706. The molecule has 5 nitrogen and oxygen atoms in total. The van der Waals surface area contributed by atoms with Crippen LogP contribution in [0.1, 0.15) is 86.8 Å². The molecule has 1 unspecified atom stereocenters. The molecule has 1 aromatic rings. The van der Waals surface area contributed by atoms with Crippen LogP contribution in [-0.2, 0) is 0 Å². The molecule has 0 aliphatic heterocycles. The highest BCUT2D eigenvalue weighted by Crippen LogP contribution is 2.42. The summed E-state index contributed by atoms with van der Waals surface area (Å²) in [6, 6.07) is 0.316. The quantitative estimate of drug-likeness (QED) is 0.849. The molecule has 0 spiro atoms. The summed E-state index contributed by atoms with van der Waals surface area (Å²) < 4.78 is 2.02. The van der Waals surface area contributed by atoms with Gasteiger partial charge in [0.2, 0.25) is 0 Å². The Morgan fingerprint density at radius 1 is 1.50 bits per heavy atom. The standard InChI is InChI=1S/C17H27N3O2/c1-3-12(2)20-15(13-6-7-13)14(10-19-20)16(21)18-11-17(22)8-4-5-9-17/h10,12-13,22H,3-9,11H2,1-2H3,(H,18,21). The third kappa shape index (κ3) is 3.05. The van der Waals surface area contributed by atoms with E-state index in [9.17, 15) is 9.90 Å². The topological polar surface area (TPSA) is 67.2 Å². The molecular weight excluding hydrogens is 278 g/mol. The van der Waals surface area contributed by atoms with Crippen molar-refractivity contribution < 1.29 is 9.90 Å². The van der Waals surface area contributed by atoms with Gasteiger partial charge in [-0.05, 0) is 39.0 Å². The second kappa shape index (κ2) is 6.03. The maximum atomic E-state index is 12.5. The number of rotatable bonds is 6. The van der Waals surface area contributed by atoms with E-state index < -0.39 is 5.60 Å². The molecule has 0 aromatic carbocycles. The third-order valence-electron chi connectivity index (χ3n) is 5.16. The number of carbonyl (C=O) groups is 1. The van der Waals surface area contributed by atoms with Crippen LogP contribution in [0.3, 0.4) is 0 Å². The first-order chi connectivity index (χ1) is 10.5. The van der Waals surface area contributed by atoms with Crippen LogP contribution in [0.5, 0.6) is 0 Å². The van der Waals surface area contributed by atoms with Gasteiger partial charge >= 0.3 is 0 Å². The first-order valence-corrected chi connectivity index (χ1v) is 8.62. The van der Waals surface area contributed by atoms with Crippen molar-refractivity contribution in [3.8, 4) is 0 Å². The van der Waals surface area contributed by atoms with Gasteiger partial charge in [0, 0.05) is 18.5 Å². The van der Waals surface area contributed by atoms with E-state index in [1.807, 2.05) is 4.68 Å². The molecule has 0 saturated heterocycles. The summed E-state index contributed by atoms with van der Waals surface area (Å²) in [5, 5.41) is 17.8. The molecule has 0 bridgehead atoms. The number of carbonyl (C=O) groups excluding carboxylic acids is 1. The van der Waals surface area contributed by atoms with Crippen molar-refractivity contribution in [1.82, 2.24) is 15.1 Å². The van der Waals surface area contributed by atoms with Crippen molar-refractivity contribution in [3.63, 3.8) is 0 Å². The summed E-state index contributed by atoms with van der Waals surface area (Å²) in [6.07, 6.45) is 8.66. The number of nitrogens with zero attached hydrogens (tertiary/aromatic N) is 2. The van der Waals surface area contributed by atoms with E-state index >= 15 is 0 Å². The van der Waals surface area contributed by atoms with Gasteiger partial charge in [-0.25, -0.2) is 0 Å². The van der Waals surface area contributed by atoms with Gasteiger partial charge in [-0.15, -0.1) is 0 Å². The molecule has 2 saturated carbocycles. The van der Waals surface area contributed by atoms with Crippen molar-refractivity contribution >= 4 is 5.91 Å². The molecule has 1 heterocycles. The van der Waals surface area contributed by atoms with Gasteiger partial charge in [-0.3, -0.25) is 9.48 Å². The van der Waals surface area contributed by atoms with E-state index in [-0.39, 0.29) is 5.91 Å². The first-order valence-electron chi connectivity index (χ1n) is 8.62. The summed E-state index contributed by atoms with van der Waals surface area (Å²) in [6.45, 7) is 4.63. The molecule has 2 N–H and O–H groups in total. The van der Waals surface area contributed by atoms with E-state index in [4.69, 9.17) is 0 Å². The molecule has 2 aliphatic carbocycles. The van der Waals surface area contributed by atoms with Crippen LogP contribution in [0.25, 0.3) is 0 Å². The molecule has 22 heavy (non-hydrogen) atoms. The molecule has 1 atom stereocenters. The van der Waals surface area contributed by atoms with E-state index in [2.05, 4.69) is 24.3 Å². The third-order valence-corrected chi connectivity index (χ3v) is 5.16. The molecule has 122 valence electrons. The van der Waals surface area contributed by atoms with Gasteiger partial charge in [0.15, 0.2) is 0 Å². The van der Waals surface area contributed by atoms with Crippen molar-refractivity contribution in [2.45, 2.75) is 76.4 Å². The van der Waals surface area contributed by atoms with Crippen LogP contribution in [0.2, 0.25) is 0 Å². The van der Waals surface area contributed by atoms with Gasteiger partial charge in [-0.2, -0.15) is 5.10 Å². The fourth-order valence-corrected chi connectivity index (χ4v) is 3.38. The molecule has 5 heteroatoms. The van der Waals surface area contributed by atoms with Gasteiger partial charge in [0.05, 0.1) is 23.1 Å². The SMILES string of the molecule is CCC(C)n1ncc(C(=O)NCC2(O)CCCC2)c1C1CC1. The van der Waals surface area contributed by atoms with Crippen LogP contribution in [0.15, 0.2) is 6.20 Å². The number of hydrogen-bond acceptors (Lipinski definition) is 3. The smallest absolute Gasteiger partial charge is 0.254 e. The second-order valence-electron chi connectivity index (χ2n) is 7.03. The largest absolute Gasteiger partial charge is 0.388 e. The highest BCUT2D eigenvalue weighted by atomic mass is 16.3. The lowest BCUT2D eigenvalue weighted by molar-refractivity contribution is 0.0449. The Labute approximate surface area is 132 Å². The van der Waals surface area contributed by atoms with Crippen LogP contribution in [0.4, 0.5) is 0 Å². The number of hydrogen-bond donors (Lipinski definition) is 2. The van der Waals surface area contributed by atoms with Crippen molar-refractivity contribution in [2.75, 3.05) is 6.54 Å². The molecular formula is C17H27N3O2. The zero-order valence-electron chi connectivity index (χ0n) is 13.6. The zero-order valence-corrected chi connectivity index (χ0v) is 13.6. The first kappa shape index (κ1) is 15.5. The number of aliphatic hydroxyl groups is 1. The minimum Gasteiger partial charge on any atom is -0.388 e. The number of nitrogens with one attached hydrogen (secondary N) is 1. The van der Waals surface area contributed by atoms with Crippen molar-refractivity contribution in [3.05, 3.63) is 17.5 Å². The lowest BCUT2D eigenvalue weighted by Crippen LogP contribution is -2.41.